The SMILES string of the molecule is COC(=O)c1c(NCCC(F)(F)F)nn(Cc2ccccc2)c1N. The van der Waals surface area contributed by atoms with Crippen molar-refractivity contribution in [2.45, 2.75) is 19.1 Å². The van der Waals surface area contributed by atoms with E-state index in [-0.39, 0.29) is 23.7 Å². The topological polar surface area (TPSA) is 82.2 Å². The number of esters is 1. The van der Waals surface area contributed by atoms with Crippen LogP contribution in [0.1, 0.15) is 22.3 Å². The van der Waals surface area contributed by atoms with Gasteiger partial charge in [0.2, 0.25) is 0 Å². The Morgan fingerprint density at radius 3 is 2.58 bits per heavy atom. The summed E-state index contributed by atoms with van der Waals surface area (Å²) in [7, 11) is 1.16. The standard InChI is InChI=1S/C15H17F3N4O2/c1-24-14(23)11-12(19)22(9-10-5-3-2-4-6-10)21-13(11)20-8-7-15(16,17)18/h2-6H,7-9,19H2,1H3,(H,20,21). The molecule has 0 aliphatic rings. The van der Waals surface area contributed by atoms with Crippen molar-refractivity contribution in [2.75, 3.05) is 24.7 Å². The lowest BCUT2D eigenvalue weighted by Crippen LogP contribution is -2.16. The fourth-order valence-electron chi connectivity index (χ4n) is 2.10. The zero-order chi connectivity index (χ0) is 17.7. The Kier molecular flexibility index (Phi) is 5.32. The van der Waals surface area contributed by atoms with Gasteiger partial charge in [0.05, 0.1) is 20.1 Å². The molecule has 130 valence electrons. The van der Waals surface area contributed by atoms with Crippen molar-refractivity contribution in [1.82, 2.24) is 9.78 Å². The van der Waals surface area contributed by atoms with E-state index in [0.717, 1.165) is 12.7 Å². The van der Waals surface area contributed by atoms with Crippen molar-refractivity contribution < 1.29 is 22.7 Å². The second kappa shape index (κ2) is 7.24. The maximum Gasteiger partial charge on any atom is 0.390 e. The molecule has 0 fully saturated rings. The van der Waals surface area contributed by atoms with Crippen LogP contribution >= 0.6 is 0 Å². The molecule has 2 rings (SSSR count). The number of ether oxygens (including phenoxy) is 1. The van der Waals surface area contributed by atoms with Crippen LogP contribution in [0.4, 0.5) is 24.8 Å². The minimum atomic E-state index is -4.31. The van der Waals surface area contributed by atoms with Crippen LogP contribution in [-0.4, -0.2) is 35.6 Å². The number of benzene rings is 1. The Morgan fingerprint density at radius 1 is 1.33 bits per heavy atom. The van der Waals surface area contributed by atoms with E-state index in [1.54, 1.807) is 0 Å². The van der Waals surface area contributed by atoms with E-state index in [4.69, 9.17) is 5.73 Å². The zero-order valence-corrected chi connectivity index (χ0v) is 12.9. The number of hydrogen-bond acceptors (Lipinski definition) is 5. The van der Waals surface area contributed by atoms with Gasteiger partial charge < -0.3 is 15.8 Å². The van der Waals surface area contributed by atoms with Gasteiger partial charge in [-0.1, -0.05) is 30.3 Å². The first-order valence-corrected chi connectivity index (χ1v) is 7.11. The molecule has 0 unspecified atom stereocenters. The molecule has 1 aromatic carbocycles. The van der Waals surface area contributed by atoms with E-state index < -0.39 is 25.1 Å². The molecule has 1 heterocycles. The third-order valence-electron chi connectivity index (χ3n) is 3.26. The van der Waals surface area contributed by atoms with Crippen LogP contribution in [0.15, 0.2) is 30.3 Å². The molecule has 0 atom stereocenters. The fourth-order valence-corrected chi connectivity index (χ4v) is 2.10. The van der Waals surface area contributed by atoms with Crippen molar-refractivity contribution >= 4 is 17.6 Å². The highest BCUT2D eigenvalue weighted by Crippen LogP contribution is 2.25. The second-order valence-corrected chi connectivity index (χ2v) is 5.04. The summed E-state index contributed by atoms with van der Waals surface area (Å²) in [5, 5.41) is 6.61. The number of carbonyl (C=O) groups is 1. The smallest absolute Gasteiger partial charge is 0.390 e. The number of nitrogen functional groups attached to an aromatic ring is 1. The first kappa shape index (κ1) is 17.6. The highest BCUT2D eigenvalue weighted by molar-refractivity contribution is 5.99. The van der Waals surface area contributed by atoms with Crippen LogP contribution in [0.25, 0.3) is 0 Å². The van der Waals surface area contributed by atoms with Crippen molar-refractivity contribution in [3.8, 4) is 0 Å². The van der Waals surface area contributed by atoms with E-state index in [1.165, 1.54) is 4.68 Å². The Bertz CT molecular complexity index is 699. The molecule has 9 heteroatoms. The van der Waals surface area contributed by atoms with Crippen LogP contribution in [0.3, 0.4) is 0 Å². The normalized spacial score (nSPS) is 11.3. The van der Waals surface area contributed by atoms with Crippen LogP contribution < -0.4 is 11.1 Å². The highest BCUT2D eigenvalue weighted by Gasteiger charge is 2.28. The largest absolute Gasteiger partial charge is 0.465 e. The fraction of sp³-hybridized carbons (Fsp3) is 0.333. The summed E-state index contributed by atoms with van der Waals surface area (Å²) >= 11 is 0. The maximum atomic E-state index is 12.3. The van der Waals surface area contributed by atoms with E-state index in [0.29, 0.717) is 0 Å². The average molecular weight is 342 g/mol. The molecule has 0 aliphatic carbocycles. The molecule has 1 aromatic heterocycles. The van der Waals surface area contributed by atoms with Gasteiger partial charge in [-0.3, -0.25) is 0 Å². The first-order chi connectivity index (χ1) is 11.3. The van der Waals surface area contributed by atoms with Crippen LogP contribution in [0.5, 0.6) is 0 Å². The number of aromatic nitrogens is 2. The van der Waals surface area contributed by atoms with E-state index in [1.807, 2.05) is 30.3 Å². The second-order valence-electron chi connectivity index (χ2n) is 5.04. The quantitative estimate of drug-likeness (QED) is 0.789. The maximum absolute atomic E-state index is 12.3. The van der Waals surface area contributed by atoms with Crippen LogP contribution in [0.2, 0.25) is 0 Å². The predicted molar refractivity (Wildman–Crippen MR) is 82.7 cm³/mol. The van der Waals surface area contributed by atoms with Gasteiger partial charge in [-0.05, 0) is 5.56 Å². The Morgan fingerprint density at radius 2 is 2.00 bits per heavy atom. The zero-order valence-electron chi connectivity index (χ0n) is 12.9. The molecule has 0 radical (unpaired) electrons. The van der Waals surface area contributed by atoms with E-state index in [9.17, 15) is 18.0 Å². The number of anilines is 2. The summed E-state index contributed by atoms with van der Waals surface area (Å²) in [5.41, 5.74) is 6.73. The Hall–Kier alpha value is -2.71. The van der Waals surface area contributed by atoms with E-state index in [2.05, 4.69) is 15.2 Å². The monoisotopic (exact) mass is 342 g/mol. The molecule has 2 aromatic rings. The number of hydrogen-bond donors (Lipinski definition) is 2. The van der Waals surface area contributed by atoms with Crippen molar-refractivity contribution in [3.63, 3.8) is 0 Å². The summed E-state index contributed by atoms with van der Waals surface area (Å²) in [5.74, 6) is -0.763. The molecular formula is C15H17F3N4O2. The van der Waals surface area contributed by atoms with Gasteiger partial charge in [-0.2, -0.15) is 18.3 Å². The summed E-state index contributed by atoms with van der Waals surface area (Å²) < 4.78 is 42.8. The van der Waals surface area contributed by atoms with Crippen molar-refractivity contribution in [3.05, 3.63) is 41.5 Å². The molecule has 0 aliphatic heterocycles. The average Bonchev–Trinajstić information content (AvgIpc) is 2.82. The number of alkyl halides is 3. The number of methoxy groups -OCH3 is 1. The Balaban J connectivity index is 2.24. The van der Waals surface area contributed by atoms with Gasteiger partial charge in [0.25, 0.3) is 0 Å². The number of nitrogens with zero attached hydrogens (tertiary/aromatic N) is 2. The number of nitrogens with one attached hydrogen (secondary N) is 1. The van der Waals surface area contributed by atoms with Crippen LogP contribution in [0, 0.1) is 0 Å². The van der Waals surface area contributed by atoms with Gasteiger partial charge in [0.15, 0.2) is 5.82 Å². The van der Waals surface area contributed by atoms with Crippen molar-refractivity contribution in [1.29, 1.82) is 0 Å². The molecule has 0 saturated carbocycles. The molecule has 0 saturated heterocycles. The lowest BCUT2D eigenvalue weighted by Gasteiger charge is -2.07. The van der Waals surface area contributed by atoms with Gasteiger partial charge in [0, 0.05) is 6.54 Å². The number of rotatable bonds is 6. The van der Waals surface area contributed by atoms with E-state index >= 15 is 0 Å². The first-order valence-electron chi connectivity index (χ1n) is 7.11. The lowest BCUT2D eigenvalue weighted by molar-refractivity contribution is -0.131. The number of carbonyl (C=O) groups excluding carboxylic acids is 1. The lowest BCUT2D eigenvalue weighted by atomic mass is 10.2. The summed E-state index contributed by atoms with van der Waals surface area (Å²) in [6.07, 6.45) is -5.37. The van der Waals surface area contributed by atoms with Crippen molar-refractivity contribution in [2.24, 2.45) is 0 Å². The summed E-state index contributed by atoms with van der Waals surface area (Å²) in [6, 6.07) is 9.20. The molecule has 6 nitrogen and oxygen atoms in total. The minimum Gasteiger partial charge on any atom is -0.465 e. The molecule has 0 spiro atoms. The summed E-state index contributed by atoms with van der Waals surface area (Å²) in [6.45, 7) is -0.146. The highest BCUT2D eigenvalue weighted by atomic mass is 19.4. The minimum absolute atomic E-state index is 0.0280. The Labute approximate surface area is 136 Å². The van der Waals surface area contributed by atoms with Gasteiger partial charge in [0.1, 0.15) is 11.4 Å². The van der Waals surface area contributed by atoms with Gasteiger partial charge in [-0.15, -0.1) is 0 Å². The molecular weight excluding hydrogens is 325 g/mol. The van der Waals surface area contributed by atoms with Crippen LogP contribution in [-0.2, 0) is 11.3 Å². The number of nitrogens with two attached hydrogens (primary N) is 1. The predicted octanol–water partition coefficient (Wildman–Crippen LogP) is 2.66. The van der Waals surface area contributed by atoms with Gasteiger partial charge in [-0.25, -0.2) is 9.48 Å². The third-order valence-corrected chi connectivity index (χ3v) is 3.26. The molecule has 24 heavy (non-hydrogen) atoms. The molecule has 0 amide bonds. The summed E-state index contributed by atoms with van der Waals surface area (Å²) in [4.78, 5) is 11.9. The molecule has 3 N–H and O–H groups in total. The third kappa shape index (κ3) is 4.40. The van der Waals surface area contributed by atoms with Gasteiger partial charge >= 0.3 is 12.1 Å². The molecule has 0 bridgehead atoms. The number of halogens is 3.